The molecule has 5 nitrogen and oxygen atoms in total. The first-order chi connectivity index (χ1) is 11.9. The molecule has 136 valence electrons. The van der Waals surface area contributed by atoms with Gasteiger partial charge in [-0.1, -0.05) is 38.8 Å². The van der Waals surface area contributed by atoms with E-state index in [1.165, 1.54) is 0 Å². The van der Waals surface area contributed by atoms with E-state index in [-0.39, 0.29) is 11.8 Å². The third-order valence-corrected chi connectivity index (χ3v) is 4.72. The number of nitrogens with one attached hydrogen (secondary N) is 1. The van der Waals surface area contributed by atoms with E-state index in [0.717, 1.165) is 29.8 Å². The lowest BCUT2D eigenvalue weighted by Gasteiger charge is -2.20. The van der Waals surface area contributed by atoms with Crippen molar-refractivity contribution in [1.82, 2.24) is 15.1 Å². The summed E-state index contributed by atoms with van der Waals surface area (Å²) >= 11 is 0. The van der Waals surface area contributed by atoms with Crippen molar-refractivity contribution in [3.8, 4) is 0 Å². The predicted octanol–water partition coefficient (Wildman–Crippen LogP) is 3.08. The Hall–Kier alpha value is -2.14. The van der Waals surface area contributed by atoms with Crippen molar-refractivity contribution in [1.29, 1.82) is 0 Å². The fourth-order valence-corrected chi connectivity index (χ4v) is 3.07. The molecule has 0 saturated heterocycles. The van der Waals surface area contributed by atoms with Gasteiger partial charge in [0.2, 0.25) is 0 Å². The van der Waals surface area contributed by atoms with Crippen molar-refractivity contribution in [2.75, 3.05) is 6.54 Å². The Bertz CT molecular complexity index is 687. The number of aryl methyl sites for hydroxylation is 2. The average Bonchev–Trinajstić information content (AvgIpc) is 2.91. The Morgan fingerprint density at radius 2 is 1.84 bits per heavy atom. The van der Waals surface area contributed by atoms with E-state index in [9.17, 15) is 9.90 Å². The molecular weight excluding hydrogens is 314 g/mol. The van der Waals surface area contributed by atoms with Crippen LogP contribution in [0.1, 0.15) is 54.0 Å². The second-order valence-corrected chi connectivity index (χ2v) is 6.64. The molecule has 0 saturated carbocycles. The fraction of sp³-hybridized carbons (Fsp3) is 0.500. The summed E-state index contributed by atoms with van der Waals surface area (Å²) in [5, 5.41) is 17.4. The highest BCUT2D eigenvalue weighted by molar-refractivity contribution is 5.94. The Labute approximate surface area is 150 Å². The SMILES string of the molecule is CCC(CC)C(O)CNC(=O)c1ccc(Cn2nc(C)cc2C)cc1. The van der Waals surface area contributed by atoms with Gasteiger partial charge in [0.15, 0.2) is 0 Å². The summed E-state index contributed by atoms with van der Waals surface area (Å²) < 4.78 is 1.95. The van der Waals surface area contributed by atoms with E-state index in [2.05, 4.69) is 24.3 Å². The standard InChI is InChI=1S/C20H29N3O2/c1-5-17(6-2)19(24)12-21-20(25)18-9-7-16(8-10-18)13-23-15(4)11-14(3)22-23/h7-11,17,19,24H,5-6,12-13H2,1-4H3,(H,21,25). The van der Waals surface area contributed by atoms with Crippen LogP contribution in [0, 0.1) is 19.8 Å². The van der Waals surface area contributed by atoms with Crippen LogP contribution in [-0.2, 0) is 6.54 Å². The van der Waals surface area contributed by atoms with E-state index in [1.54, 1.807) is 0 Å². The van der Waals surface area contributed by atoms with Gasteiger partial charge in [0.05, 0.1) is 18.3 Å². The monoisotopic (exact) mass is 343 g/mol. The third kappa shape index (κ3) is 5.16. The molecule has 25 heavy (non-hydrogen) atoms. The van der Waals surface area contributed by atoms with Gasteiger partial charge in [-0.15, -0.1) is 0 Å². The lowest BCUT2D eigenvalue weighted by Crippen LogP contribution is -2.36. The van der Waals surface area contributed by atoms with Crippen LogP contribution in [0.3, 0.4) is 0 Å². The molecule has 1 heterocycles. The molecule has 0 aliphatic carbocycles. The maximum atomic E-state index is 12.2. The molecule has 0 aliphatic rings. The van der Waals surface area contributed by atoms with Crippen molar-refractivity contribution in [3.63, 3.8) is 0 Å². The molecule has 1 aromatic carbocycles. The molecule has 2 rings (SSSR count). The van der Waals surface area contributed by atoms with E-state index in [1.807, 2.05) is 48.9 Å². The minimum absolute atomic E-state index is 0.150. The summed E-state index contributed by atoms with van der Waals surface area (Å²) in [6.07, 6.45) is 1.33. The summed E-state index contributed by atoms with van der Waals surface area (Å²) in [6, 6.07) is 9.58. The molecule has 1 amide bonds. The average molecular weight is 343 g/mol. The largest absolute Gasteiger partial charge is 0.391 e. The Morgan fingerprint density at radius 3 is 2.36 bits per heavy atom. The van der Waals surface area contributed by atoms with Crippen molar-refractivity contribution < 1.29 is 9.90 Å². The van der Waals surface area contributed by atoms with Gasteiger partial charge in [0.25, 0.3) is 5.91 Å². The van der Waals surface area contributed by atoms with Crippen molar-refractivity contribution in [2.24, 2.45) is 5.92 Å². The topological polar surface area (TPSA) is 67.2 Å². The number of amides is 1. The zero-order valence-electron chi connectivity index (χ0n) is 15.6. The van der Waals surface area contributed by atoms with E-state index < -0.39 is 6.10 Å². The summed E-state index contributed by atoms with van der Waals surface area (Å²) in [5.74, 6) is 0.0751. The van der Waals surface area contributed by atoms with Crippen LogP contribution in [0.25, 0.3) is 0 Å². The summed E-state index contributed by atoms with van der Waals surface area (Å²) in [7, 11) is 0. The lowest BCUT2D eigenvalue weighted by atomic mass is 9.96. The van der Waals surface area contributed by atoms with Crippen LogP contribution in [0.15, 0.2) is 30.3 Å². The van der Waals surface area contributed by atoms with E-state index >= 15 is 0 Å². The van der Waals surface area contributed by atoms with Gasteiger partial charge < -0.3 is 10.4 Å². The molecule has 0 aliphatic heterocycles. The van der Waals surface area contributed by atoms with E-state index in [0.29, 0.717) is 18.7 Å². The minimum atomic E-state index is -0.496. The zero-order valence-corrected chi connectivity index (χ0v) is 15.6. The first-order valence-electron chi connectivity index (χ1n) is 9.00. The molecule has 0 fully saturated rings. The number of aliphatic hydroxyl groups excluding tert-OH is 1. The molecule has 1 aromatic heterocycles. The highest BCUT2D eigenvalue weighted by Crippen LogP contribution is 2.13. The molecule has 1 atom stereocenters. The summed E-state index contributed by atoms with van der Waals surface area (Å²) in [6.45, 7) is 9.11. The quantitative estimate of drug-likeness (QED) is 0.774. The number of rotatable bonds is 8. The van der Waals surface area contributed by atoms with Gasteiger partial charge in [0.1, 0.15) is 0 Å². The van der Waals surface area contributed by atoms with E-state index in [4.69, 9.17) is 0 Å². The minimum Gasteiger partial charge on any atom is -0.391 e. The molecule has 5 heteroatoms. The smallest absolute Gasteiger partial charge is 0.251 e. The van der Waals surface area contributed by atoms with Crippen molar-refractivity contribution >= 4 is 5.91 Å². The molecular formula is C20H29N3O2. The first-order valence-corrected chi connectivity index (χ1v) is 9.00. The zero-order chi connectivity index (χ0) is 18.4. The number of hydrogen-bond donors (Lipinski definition) is 2. The van der Waals surface area contributed by atoms with Crippen LogP contribution in [0.4, 0.5) is 0 Å². The highest BCUT2D eigenvalue weighted by Gasteiger charge is 2.16. The van der Waals surface area contributed by atoms with Crippen LogP contribution in [0.5, 0.6) is 0 Å². The summed E-state index contributed by atoms with van der Waals surface area (Å²) in [5.41, 5.74) is 3.83. The Morgan fingerprint density at radius 1 is 1.20 bits per heavy atom. The van der Waals surface area contributed by atoms with Gasteiger partial charge >= 0.3 is 0 Å². The molecule has 2 aromatic rings. The molecule has 0 spiro atoms. The fourth-order valence-electron chi connectivity index (χ4n) is 3.07. The molecule has 0 radical (unpaired) electrons. The molecule has 2 N–H and O–H groups in total. The summed E-state index contributed by atoms with van der Waals surface area (Å²) in [4.78, 5) is 12.2. The van der Waals surface area contributed by atoms with Gasteiger partial charge in [-0.05, 0) is 43.5 Å². The molecule has 0 bridgehead atoms. The first kappa shape index (κ1) is 19.2. The lowest BCUT2D eigenvalue weighted by molar-refractivity contribution is 0.0816. The number of hydrogen-bond acceptors (Lipinski definition) is 3. The number of carbonyl (C=O) groups is 1. The second-order valence-electron chi connectivity index (χ2n) is 6.64. The van der Waals surface area contributed by atoms with Crippen LogP contribution in [0.2, 0.25) is 0 Å². The van der Waals surface area contributed by atoms with Gasteiger partial charge in [-0.2, -0.15) is 5.10 Å². The number of aliphatic hydroxyl groups is 1. The van der Waals surface area contributed by atoms with Crippen LogP contribution < -0.4 is 5.32 Å². The molecule has 1 unspecified atom stereocenters. The van der Waals surface area contributed by atoms with Crippen molar-refractivity contribution in [2.45, 2.75) is 53.2 Å². The number of aromatic nitrogens is 2. The normalized spacial score (nSPS) is 12.4. The number of nitrogens with zero attached hydrogens (tertiary/aromatic N) is 2. The number of benzene rings is 1. The van der Waals surface area contributed by atoms with Crippen LogP contribution in [-0.4, -0.2) is 33.4 Å². The van der Waals surface area contributed by atoms with Gasteiger partial charge in [-0.3, -0.25) is 9.48 Å². The Kier molecular flexibility index (Phi) is 6.76. The third-order valence-electron chi connectivity index (χ3n) is 4.72. The van der Waals surface area contributed by atoms with Crippen molar-refractivity contribution in [3.05, 3.63) is 52.8 Å². The maximum Gasteiger partial charge on any atom is 0.251 e. The Balaban J connectivity index is 1.92. The number of carbonyl (C=O) groups excluding carboxylic acids is 1. The second kappa shape index (κ2) is 8.81. The predicted molar refractivity (Wildman–Crippen MR) is 99.7 cm³/mol. The van der Waals surface area contributed by atoms with Gasteiger partial charge in [0, 0.05) is 17.8 Å². The maximum absolute atomic E-state index is 12.2. The van der Waals surface area contributed by atoms with Crippen LogP contribution >= 0.6 is 0 Å². The highest BCUT2D eigenvalue weighted by atomic mass is 16.3. The van der Waals surface area contributed by atoms with Gasteiger partial charge in [-0.25, -0.2) is 0 Å².